The second-order valence-corrected chi connectivity index (χ2v) is 5.88. The number of likely N-dealkylation sites (N-methyl/N-ethyl adjacent to an activating group) is 4. The highest BCUT2D eigenvalue weighted by atomic mass is 16.2. The summed E-state index contributed by atoms with van der Waals surface area (Å²) in [6.07, 6.45) is 5.70. The SMILES string of the molecule is CN1C(=O)C(=CC=CCC=C2C(=O)N(C)C(=O)N(C)C2=O)C(=O)N(C)C1=O. The fourth-order valence-corrected chi connectivity index (χ4v) is 2.45. The van der Waals surface area contributed by atoms with Crippen molar-refractivity contribution in [3.63, 3.8) is 0 Å². The van der Waals surface area contributed by atoms with Gasteiger partial charge in [0.25, 0.3) is 23.6 Å². The van der Waals surface area contributed by atoms with Crippen LogP contribution in [0, 0.1) is 0 Å². The lowest BCUT2D eigenvalue weighted by atomic mass is 10.1. The fraction of sp³-hybridized carbons (Fsp3) is 0.294. The maximum absolute atomic E-state index is 12.0. The second kappa shape index (κ2) is 7.36. The van der Waals surface area contributed by atoms with E-state index in [1.54, 1.807) is 0 Å². The minimum Gasteiger partial charge on any atom is -0.268 e. The average Bonchev–Trinajstić information content (AvgIpc) is 2.66. The van der Waals surface area contributed by atoms with E-state index in [1.165, 1.54) is 52.5 Å². The number of nitrogens with zero attached hydrogens (tertiary/aromatic N) is 4. The Hall–Kier alpha value is -3.56. The normalized spacial score (nSPS) is 19.1. The molecule has 2 aliphatic rings. The number of carbonyl (C=O) groups excluding carboxylic acids is 6. The van der Waals surface area contributed by atoms with Crippen LogP contribution >= 0.6 is 0 Å². The third-order valence-electron chi connectivity index (χ3n) is 4.14. The van der Waals surface area contributed by atoms with Crippen LogP contribution in [-0.4, -0.2) is 83.5 Å². The third kappa shape index (κ3) is 3.41. The van der Waals surface area contributed by atoms with E-state index in [-0.39, 0.29) is 17.6 Å². The van der Waals surface area contributed by atoms with Gasteiger partial charge >= 0.3 is 12.1 Å². The van der Waals surface area contributed by atoms with E-state index >= 15 is 0 Å². The monoisotopic (exact) mass is 374 g/mol. The molecule has 2 aliphatic heterocycles. The molecule has 27 heavy (non-hydrogen) atoms. The van der Waals surface area contributed by atoms with Gasteiger partial charge in [-0.25, -0.2) is 9.59 Å². The molecule has 142 valence electrons. The van der Waals surface area contributed by atoms with E-state index in [4.69, 9.17) is 0 Å². The zero-order valence-corrected chi connectivity index (χ0v) is 15.3. The molecule has 2 rings (SSSR count). The Morgan fingerprint density at radius 3 is 1.41 bits per heavy atom. The molecule has 10 nitrogen and oxygen atoms in total. The fourth-order valence-electron chi connectivity index (χ4n) is 2.45. The van der Waals surface area contributed by atoms with Gasteiger partial charge in [0, 0.05) is 28.2 Å². The molecule has 2 heterocycles. The number of urea groups is 2. The molecule has 0 aliphatic carbocycles. The van der Waals surface area contributed by atoms with Gasteiger partial charge in [0.15, 0.2) is 0 Å². The van der Waals surface area contributed by atoms with Crippen LogP contribution in [0.3, 0.4) is 0 Å². The van der Waals surface area contributed by atoms with E-state index < -0.39 is 35.7 Å². The molecule has 0 unspecified atom stereocenters. The zero-order valence-electron chi connectivity index (χ0n) is 15.3. The standard InChI is InChI=1S/C17H18N4O6/c1-18-12(22)10(13(23)19(2)16(18)26)8-6-5-7-9-11-14(24)20(3)17(27)21(4)15(11)25/h5-6,8-9H,7H2,1-4H3. The Morgan fingerprint density at radius 2 is 1.00 bits per heavy atom. The topological polar surface area (TPSA) is 115 Å². The molecule has 0 bridgehead atoms. The van der Waals surface area contributed by atoms with Crippen LogP contribution in [0.25, 0.3) is 0 Å². The van der Waals surface area contributed by atoms with Crippen molar-refractivity contribution in [3.05, 3.63) is 35.5 Å². The predicted molar refractivity (Wildman–Crippen MR) is 91.8 cm³/mol. The van der Waals surface area contributed by atoms with Gasteiger partial charge in [-0.1, -0.05) is 18.2 Å². The Kier molecular flexibility index (Phi) is 5.39. The molecule has 0 N–H and O–H groups in total. The van der Waals surface area contributed by atoms with Crippen molar-refractivity contribution in [2.75, 3.05) is 28.2 Å². The van der Waals surface area contributed by atoms with Crippen LogP contribution in [0.15, 0.2) is 35.5 Å². The molecular formula is C17H18N4O6. The van der Waals surface area contributed by atoms with Crippen molar-refractivity contribution in [1.82, 2.24) is 19.6 Å². The molecule has 8 amide bonds. The first kappa shape index (κ1) is 19.8. The summed E-state index contributed by atoms with van der Waals surface area (Å²) in [6.45, 7) is 0. The molecule has 2 fully saturated rings. The number of imide groups is 4. The first-order chi connectivity index (χ1) is 12.6. The lowest BCUT2D eigenvalue weighted by Crippen LogP contribution is -2.53. The molecule has 10 heteroatoms. The van der Waals surface area contributed by atoms with Crippen molar-refractivity contribution < 1.29 is 28.8 Å². The largest absolute Gasteiger partial charge is 0.333 e. The smallest absolute Gasteiger partial charge is 0.268 e. The maximum atomic E-state index is 12.0. The maximum Gasteiger partial charge on any atom is 0.333 e. The lowest BCUT2D eigenvalue weighted by molar-refractivity contribution is -0.136. The molecule has 0 atom stereocenters. The van der Waals surface area contributed by atoms with Gasteiger partial charge in [0.05, 0.1) is 0 Å². The minimum atomic E-state index is -0.717. The number of allylic oxidation sites excluding steroid dienone is 4. The summed E-state index contributed by atoms with van der Waals surface area (Å²) in [5, 5.41) is 0. The predicted octanol–water partition coefficient (Wildman–Crippen LogP) is -0.114. The first-order valence-corrected chi connectivity index (χ1v) is 7.86. The second-order valence-electron chi connectivity index (χ2n) is 5.88. The quantitative estimate of drug-likeness (QED) is 0.503. The molecule has 0 aromatic rings. The molecule has 0 aromatic heterocycles. The van der Waals surface area contributed by atoms with Crippen LogP contribution in [0.1, 0.15) is 6.42 Å². The first-order valence-electron chi connectivity index (χ1n) is 7.86. The summed E-state index contributed by atoms with van der Waals surface area (Å²) in [4.78, 5) is 74.6. The molecule has 2 saturated heterocycles. The van der Waals surface area contributed by atoms with Crippen LogP contribution in [0.5, 0.6) is 0 Å². The zero-order chi connectivity index (χ0) is 20.5. The number of carbonyl (C=O) groups is 6. The summed E-state index contributed by atoms with van der Waals surface area (Å²) in [7, 11) is 5.08. The van der Waals surface area contributed by atoms with Gasteiger partial charge < -0.3 is 0 Å². The number of barbiturate groups is 2. The van der Waals surface area contributed by atoms with Crippen molar-refractivity contribution in [2.24, 2.45) is 0 Å². The number of hydrogen-bond donors (Lipinski definition) is 0. The van der Waals surface area contributed by atoms with Crippen molar-refractivity contribution in [2.45, 2.75) is 6.42 Å². The van der Waals surface area contributed by atoms with Crippen molar-refractivity contribution in [1.29, 1.82) is 0 Å². The summed E-state index contributed by atoms with van der Waals surface area (Å²) in [6, 6.07) is -1.42. The van der Waals surface area contributed by atoms with Gasteiger partial charge in [-0.15, -0.1) is 0 Å². The summed E-state index contributed by atoms with van der Waals surface area (Å²) < 4.78 is 0. The third-order valence-corrected chi connectivity index (χ3v) is 4.14. The van der Waals surface area contributed by atoms with Gasteiger partial charge in [0.2, 0.25) is 0 Å². The van der Waals surface area contributed by atoms with Crippen LogP contribution < -0.4 is 0 Å². The molecule has 0 aromatic carbocycles. The summed E-state index contributed by atoms with van der Waals surface area (Å²) in [5.41, 5.74) is -0.329. The van der Waals surface area contributed by atoms with E-state index in [2.05, 4.69) is 0 Å². The Balaban J connectivity index is 2.13. The highest BCUT2D eigenvalue weighted by Gasteiger charge is 2.38. The van der Waals surface area contributed by atoms with E-state index in [9.17, 15) is 28.8 Å². The summed E-state index contributed by atoms with van der Waals surface area (Å²) in [5.74, 6) is -2.83. The molecule has 0 saturated carbocycles. The average molecular weight is 374 g/mol. The minimum absolute atomic E-state index is 0.146. The van der Waals surface area contributed by atoms with Gasteiger partial charge in [-0.3, -0.25) is 38.8 Å². The Bertz CT molecular complexity index is 801. The molecule has 0 radical (unpaired) electrons. The van der Waals surface area contributed by atoms with E-state index in [0.29, 0.717) is 0 Å². The van der Waals surface area contributed by atoms with Crippen LogP contribution in [0.4, 0.5) is 9.59 Å². The van der Waals surface area contributed by atoms with Crippen molar-refractivity contribution in [3.8, 4) is 0 Å². The van der Waals surface area contributed by atoms with Crippen molar-refractivity contribution >= 4 is 35.7 Å². The van der Waals surface area contributed by atoms with Crippen LogP contribution in [0.2, 0.25) is 0 Å². The molecular weight excluding hydrogens is 356 g/mol. The highest BCUT2D eigenvalue weighted by molar-refractivity contribution is 6.29. The number of amides is 8. The van der Waals surface area contributed by atoms with Gasteiger partial charge in [0.1, 0.15) is 11.1 Å². The van der Waals surface area contributed by atoms with Gasteiger partial charge in [-0.2, -0.15) is 0 Å². The summed E-state index contributed by atoms with van der Waals surface area (Å²) >= 11 is 0. The van der Waals surface area contributed by atoms with E-state index in [1.807, 2.05) is 0 Å². The highest BCUT2D eigenvalue weighted by Crippen LogP contribution is 2.16. The Labute approximate surface area is 155 Å². The Morgan fingerprint density at radius 1 is 0.630 bits per heavy atom. The lowest BCUT2D eigenvalue weighted by Gasteiger charge is -2.28. The number of rotatable bonds is 3. The number of hydrogen-bond acceptors (Lipinski definition) is 6. The van der Waals surface area contributed by atoms with Gasteiger partial charge in [-0.05, 0) is 12.5 Å². The van der Waals surface area contributed by atoms with E-state index in [0.717, 1.165) is 19.6 Å². The molecule has 0 spiro atoms. The van der Waals surface area contributed by atoms with Crippen LogP contribution in [-0.2, 0) is 19.2 Å².